The van der Waals surface area contributed by atoms with Crippen molar-refractivity contribution in [3.63, 3.8) is 0 Å². The number of nitrogens with zero attached hydrogens (tertiary/aromatic N) is 1. The average Bonchev–Trinajstić information content (AvgIpc) is 2.98. The Bertz CT molecular complexity index is 865. The molecule has 1 spiro atoms. The van der Waals surface area contributed by atoms with E-state index in [2.05, 4.69) is 5.32 Å². The lowest BCUT2D eigenvalue weighted by atomic mass is 9.73. The molecule has 1 heterocycles. The number of rotatable bonds is 7. The highest BCUT2D eigenvalue weighted by molar-refractivity contribution is 6.09. The van der Waals surface area contributed by atoms with Gasteiger partial charge in [-0.1, -0.05) is 45.7 Å². The molecule has 7 nitrogen and oxygen atoms in total. The lowest BCUT2D eigenvalue weighted by molar-refractivity contribution is -0.147. The third kappa shape index (κ3) is 4.11. The van der Waals surface area contributed by atoms with E-state index < -0.39 is 30.7 Å². The highest BCUT2D eigenvalue weighted by atomic mass is 16.5. The predicted molar refractivity (Wildman–Crippen MR) is 111 cm³/mol. The molecule has 2 aliphatic rings. The zero-order valence-corrected chi connectivity index (χ0v) is 18.0. The van der Waals surface area contributed by atoms with Gasteiger partial charge in [0.25, 0.3) is 5.91 Å². The second-order valence-corrected chi connectivity index (χ2v) is 8.22. The summed E-state index contributed by atoms with van der Waals surface area (Å²) in [5.74, 6) is -1.40. The third-order valence-corrected chi connectivity index (χ3v) is 6.42. The van der Waals surface area contributed by atoms with Crippen molar-refractivity contribution in [2.24, 2.45) is 5.92 Å². The SMILES string of the molecule is CCc1ccc(CC)c(C(=O)COC(=O)CN2C(=O)N[C@@]3(CCCC[C@H]3C)C2=O)c1. The van der Waals surface area contributed by atoms with Gasteiger partial charge in [-0.3, -0.25) is 19.3 Å². The minimum atomic E-state index is -0.915. The fourth-order valence-corrected chi connectivity index (χ4v) is 4.45. The number of benzene rings is 1. The fraction of sp³-hybridized carbons (Fsp3) is 0.565. The van der Waals surface area contributed by atoms with Crippen molar-refractivity contribution < 1.29 is 23.9 Å². The van der Waals surface area contributed by atoms with E-state index in [1.807, 2.05) is 39.0 Å². The standard InChI is InChI=1S/C23H30N2O5/c1-4-16-9-10-17(5-2)18(12-16)19(26)14-30-20(27)13-25-21(28)23(24-22(25)29)11-7-6-8-15(23)3/h9-10,12,15H,4-8,11,13-14H2,1-3H3,(H,24,29)/t15-,23-/m1/s1. The largest absolute Gasteiger partial charge is 0.456 e. The van der Waals surface area contributed by atoms with Crippen LogP contribution in [0.5, 0.6) is 0 Å². The van der Waals surface area contributed by atoms with Crippen molar-refractivity contribution in [1.29, 1.82) is 0 Å². The third-order valence-electron chi connectivity index (χ3n) is 6.42. The van der Waals surface area contributed by atoms with Crippen molar-refractivity contribution >= 4 is 23.7 Å². The molecule has 1 saturated heterocycles. The molecule has 1 aromatic carbocycles. The quantitative estimate of drug-likeness (QED) is 0.421. The smallest absolute Gasteiger partial charge is 0.326 e. The summed E-state index contributed by atoms with van der Waals surface area (Å²) in [4.78, 5) is 51.1. The average molecular weight is 415 g/mol. The van der Waals surface area contributed by atoms with Crippen LogP contribution >= 0.6 is 0 Å². The normalized spacial score (nSPS) is 23.6. The first-order valence-electron chi connectivity index (χ1n) is 10.8. The number of nitrogens with one attached hydrogen (secondary N) is 1. The number of Topliss-reactive ketones (excluding diaryl/α,β-unsaturated/α-hetero) is 1. The highest BCUT2D eigenvalue weighted by Gasteiger charge is 2.55. The van der Waals surface area contributed by atoms with E-state index in [4.69, 9.17) is 4.74 Å². The topological polar surface area (TPSA) is 92.8 Å². The molecule has 0 unspecified atom stereocenters. The lowest BCUT2D eigenvalue weighted by Gasteiger charge is -2.36. The Kier molecular flexibility index (Phi) is 6.58. The van der Waals surface area contributed by atoms with Crippen LogP contribution in [0.3, 0.4) is 0 Å². The van der Waals surface area contributed by atoms with Gasteiger partial charge < -0.3 is 10.1 Å². The summed E-state index contributed by atoms with van der Waals surface area (Å²) < 4.78 is 5.13. The van der Waals surface area contributed by atoms with E-state index in [1.54, 1.807) is 0 Å². The summed E-state index contributed by atoms with van der Waals surface area (Å²) >= 11 is 0. The molecule has 1 saturated carbocycles. The van der Waals surface area contributed by atoms with Gasteiger partial charge in [-0.25, -0.2) is 4.79 Å². The predicted octanol–water partition coefficient (Wildman–Crippen LogP) is 3.04. The van der Waals surface area contributed by atoms with Crippen molar-refractivity contribution in [2.45, 2.75) is 64.8 Å². The number of ether oxygens (including phenoxy) is 1. The molecule has 162 valence electrons. The summed E-state index contributed by atoms with van der Waals surface area (Å²) in [5, 5.41) is 2.81. The van der Waals surface area contributed by atoms with E-state index in [0.717, 1.165) is 41.7 Å². The summed E-state index contributed by atoms with van der Waals surface area (Å²) in [5.41, 5.74) is 1.57. The summed E-state index contributed by atoms with van der Waals surface area (Å²) in [6.45, 7) is 5.02. The van der Waals surface area contributed by atoms with Crippen LogP contribution in [-0.4, -0.2) is 47.3 Å². The van der Waals surface area contributed by atoms with Crippen molar-refractivity contribution in [3.8, 4) is 0 Å². The minimum Gasteiger partial charge on any atom is -0.456 e. The molecule has 2 fully saturated rings. The van der Waals surface area contributed by atoms with Crippen LogP contribution in [0, 0.1) is 5.92 Å². The van der Waals surface area contributed by atoms with Crippen LogP contribution in [0.4, 0.5) is 4.79 Å². The Morgan fingerprint density at radius 3 is 2.63 bits per heavy atom. The Morgan fingerprint density at radius 2 is 1.97 bits per heavy atom. The minimum absolute atomic E-state index is 0.0172. The zero-order valence-electron chi connectivity index (χ0n) is 18.0. The monoisotopic (exact) mass is 414 g/mol. The van der Waals surface area contributed by atoms with Gasteiger partial charge in [-0.05, 0) is 48.8 Å². The van der Waals surface area contributed by atoms with Gasteiger partial charge in [-0.2, -0.15) is 0 Å². The van der Waals surface area contributed by atoms with Gasteiger partial charge in [0, 0.05) is 5.56 Å². The molecule has 0 bridgehead atoms. The van der Waals surface area contributed by atoms with E-state index >= 15 is 0 Å². The molecular formula is C23H30N2O5. The summed E-state index contributed by atoms with van der Waals surface area (Å²) in [6.07, 6.45) is 4.82. The van der Waals surface area contributed by atoms with Gasteiger partial charge >= 0.3 is 12.0 Å². The van der Waals surface area contributed by atoms with Crippen molar-refractivity contribution in [1.82, 2.24) is 10.2 Å². The second-order valence-electron chi connectivity index (χ2n) is 8.22. The van der Waals surface area contributed by atoms with E-state index in [9.17, 15) is 19.2 Å². The Balaban J connectivity index is 1.62. The van der Waals surface area contributed by atoms with Gasteiger partial charge in [0.2, 0.25) is 5.78 Å². The Hall–Kier alpha value is -2.70. The van der Waals surface area contributed by atoms with Crippen molar-refractivity contribution in [2.75, 3.05) is 13.2 Å². The molecule has 3 rings (SSSR count). The maximum atomic E-state index is 12.9. The van der Waals surface area contributed by atoms with Crippen LogP contribution < -0.4 is 5.32 Å². The van der Waals surface area contributed by atoms with E-state index in [-0.39, 0.29) is 17.6 Å². The molecule has 3 amide bonds. The van der Waals surface area contributed by atoms with Gasteiger partial charge in [0.15, 0.2) is 6.61 Å². The van der Waals surface area contributed by atoms with Gasteiger partial charge in [0.05, 0.1) is 0 Å². The number of urea groups is 1. The molecule has 30 heavy (non-hydrogen) atoms. The van der Waals surface area contributed by atoms with Gasteiger partial charge in [0.1, 0.15) is 12.1 Å². The van der Waals surface area contributed by atoms with Crippen LogP contribution in [0.25, 0.3) is 0 Å². The molecule has 1 aromatic rings. The maximum Gasteiger partial charge on any atom is 0.326 e. The molecular weight excluding hydrogens is 384 g/mol. The van der Waals surface area contributed by atoms with Crippen LogP contribution in [0.1, 0.15) is 67.9 Å². The van der Waals surface area contributed by atoms with Crippen LogP contribution in [0.2, 0.25) is 0 Å². The second kappa shape index (κ2) is 8.98. The van der Waals surface area contributed by atoms with Crippen LogP contribution in [-0.2, 0) is 27.2 Å². The van der Waals surface area contributed by atoms with Gasteiger partial charge in [-0.15, -0.1) is 0 Å². The summed E-state index contributed by atoms with van der Waals surface area (Å²) in [6, 6.07) is 5.18. The zero-order chi connectivity index (χ0) is 21.9. The van der Waals surface area contributed by atoms with Crippen molar-refractivity contribution in [3.05, 3.63) is 34.9 Å². The first kappa shape index (κ1) is 22.0. The fourth-order valence-electron chi connectivity index (χ4n) is 4.45. The van der Waals surface area contributed by atoms with E-state index in [1.165, 1.54) is 0 Å². The molecule has 1 aliphatic carbocycles. The molecule has 1 N–H and O–H groups in total. The number of carbonyl (C=O) groups is 4. The number of carbonyl (C=O) groups excluding carboxylic acids is 4. The van der Waals surface area contributed by atoms with Crippen LogP contribution in [0.15, 0.2) is 18.2 Å². The molecule has 2 atom stereocenters. The molecule has 7 heteroatoms. The molecule has 1 aliphatic heterocycles. The maximum absolute atomic E-state index is 12.9. The lowest BCUT2D eigenvalue weighted by Crippen LogP contribution is -2.54. The number of amides is 3. The summed E-state index contributed by atoms with van der Waals surface area (Å²) in [7, 11) is 0. The number of aryl methyl sites for hydroxylation is 2. The highest BCUT2D eigenvalue weighted by Crippen LogP contribution is 2.38. The molecule has 0 radical (unpaired) electrons. The Morgan fingerprint density at radius 1 is 1.20 bits per heavy atom. The van der Waals surface area contributed by atoms with E-state index in [0.29, 0.717) is 18.4 Å². The number of ketones is 1. The first-order chi connectivity index (χ1) is 14.3. The first-order valence-corrected chi connectivity index (χ1v) is 10.8. The number of imide groups is 1. The number of hydrogen-bond donors (Lipinski definition) is 1. The number of hydrogen-bond acceptors (Lipinski definition) is 5. The Labute approximate surface area is 177 Å². The molecule has 0 aromatic heterocycles. The number of esters is 1.